The number of hydrogen-bond acceptors (Lipinski definition) is 3. The van der Waals surface area contributed by atoms with Crippen molar-refractivity contribution in [3.63, 3.8) is 0 Å². The zero-order valence-electron chi connectivity index (χ0n) is 14.2. The minimum atomic E-state index is -0.712. The van der Waals surface area contributed by atoms with Crippen LogP contribution in [0.1, 0.15) is 32.3 Å². The largest absolute Gasteiger partial charge is 0.494 e. The fourth-order valence-electron chi connectivity index (χ4n) is 2.77. The number of nitrogens with one attached hydrogen (secondary N) is 2. The molecular weight excluding hydrogens is 290 g/mol. The van der Waals surface area contributed by atoms with E-state index in [4.69, 9.17) is 4.74 Å². The van der Waals surface area contributed by atoms with Crippen LogP contribution in [-0.2, 0) is 11.3 Å². The summed E-state index contributed by atoms with van der Waals surface area (Å²) < 4.78 is 5.42. The smallest absolute Gasteiger partial charge is 0.276 e. The number of nitrogens with zero attached hydrogens (tertiary/aromatic N) is 1. The Kier molecular flexibility index (Phi) is 5.62. The Morgan fingerprint density at radius 1 is 1.43 bits per heavy atom. The second-order valence-corrected chi connectivity index (χ2v) is 6.52. The number of rotatable bonds is 8. The molecule has 2 atom stereocenters. The molecule has 1 aliphatic rings. The molecule has 124 valence electrons. The Balaban J connectivity index is 1.82. The molecule has 1 aromatic rings. The van der Waals surface area contributed by atoms with E-state index in [-0.39, 0.29) is 5.91 Å². The molecular formula is C18H26N3O2+. The van der Waals surface area contributed by atoms with Gasteiger partial charge in [0.2, 0.25) is 0 Å². The van der Waals surface area contributed by atoms with E-state index in [1.54, 1.807) is 0 Å². The third kappa shape index (κ3) is 4.97. The van der Waals surface area contributed by atoms with Crippen molar-refractivity contribution in [2.75, 3.05) is 20.2 Å². The van der Waals surface area contributed by atoms with Crippen LogP contribution in [0.15, 0.2) is 24.3 Å². The summed E-state index contributed by atoms with van der Waals surface area (Å²) in [5, 5.41) is 12.2. The van der Waals surface area contributed by atoms with Crippen molar-refractivity contribution in [3.8, 4) is 11.8 Å². The zero-order chi connectivity index (χ0) is 16.9. The van der Waals surface area contributed by atoms with Crippen LogP contribution in [0.4, 0.5) is 0 Å². The summed E-state index contributed by atoms with van der Waals surface area (Å²) in [6, 6.07) is 10.2. The molecule has 1 aliphatic carbocycles. The quantitative estimate of drug-likeness (QED) is 0.749. The first-order chi connectivity index (χ1) is 11.0. The fourth-order valence-corrected chi connectivity index (χ4v) is 2.77. The highest BCUT2D eigenvalue weighted by Crippen LogP contribution is 2.39. The summed E-state index contributed by atoms with van der Waals surface area (Å²) in [5.74, 6) is 1.10. The van der Waals surface area contributed by atoms with Crippen LogP contribution in [0.2, 0.25) is 0 Å². The van der Waals surface area contributed by atoms with E-state index < -0.39 is 5.54 Å². The van der Waals surface area contributed by atoms with Crippen molar-refractivity contribution in [1.29, 1.82) is 5.26 Å². The van der Waals surface area contributed by atoms with Gasteiger partial charge >= 0.3 is 0 Å². The van der Waals surface area contributed by atoms with Crippen LogP contribution in [0.25, 0.3) is 0 Å². The number of amides is 1. The summed E-state index contributed by atoms with van der Waals surface area (Å²) in [6.45, 7) is 5.55. The van der Waals surface area contributed by atoms with Gasteiger partial charge in [-0.1, -0.05) is 0 Å². The number of likely N-dealkylation sites (N-methyl/N-ethyl adjacent to an activating group) is 1. The van der Waals surface area contributed by atoms with Crippen molar-refractivity contribution in [2.45, 2.75) is 38.8 Å². The van der Waals surface area contributed by atoms with Gasteiger partial charge in [-0.15, -0.1) is 0 Å². The highest BCUT2D eigenvalue weighted by molar-refractivity contribution is 5.78. The van der Waals surface area contributed by atoms with Gasteiger partial charge in [0, 0.05) is 5.56 Å². The van der Waals surface area contributed by atoms with E-state index in [0.717, 1.165) is 35.6 Å². The first kappa shape index (κ1) is 17.3. The summed E-state index contributed by atoms with van der Waals surface area (Å²) in [4.78, 5) is 13.3. The molecule has 5 heteroatoms. The molecule has 1 unspecified atom stereocenters. The molecule has 0 saturated heterocycles. The van der Waals surface area contributed by atoms with E-state index in [1.165, 1.54) is 0 Å². The van der Waals surface area contributed by atoms with Crippen LogP contribution >= 0.6 is 0 Å². The number of carbonyl (C=O) groups excluding carboxylic acids is 1. The molecule has 0 radical (unpaired) electrons. The number of nitriles is 1. The van der Waals surface area contributed by atoms with Crippen LogP contribution in [-0.4, -0.2) is 31.6 Å². The molecule has 0 bridgehead atoms. The Morgan fingerprint density at radius 2 is 2.09 bits per heavy atom. The number of carbonyl (C=O) groups is 1. The Bertz CT molecular complexity index is 575. The number of benzene rings is 1. The van der Waals surface area contributed by atoms with Gasteiger partial charge in [0.1, 0.15) is 17.8 Å². The maximum absolute atomic E-state index is 12.2. The van der Waals surface area contributed by atoms with Crippen LogP contribution < -0.4 is 15.0 Å². The summed E-state index contributed by atoms with van der Waals surface area (Å²) in [5.41, 5.74) is 0.445. The second-order valence-electron chi connectivity index (χ2n) is 6.52. The van der Waals surface area contributed by atoms with E-state index in [1.807, 2.05) is 45.2 Å². The van der Waals surface area contributed by atoms with Gasteiger partial charge in [0.15, 0.2) is 6.54 Å². The van der Waals surface area contributed by atoms with Crippen LogP contribution in [0.5, 0.6) is 5.75 Å². The van der Waals surface area contributed by atoms with Gasteiger partial charge in [-0.3, -0.25) is 4.79 Å². The second kappa shape index (κ2) is 7.47. The molecule has 5 nitrogen and oxygen atoms in total. The maximum Gasteiger partial charge on any atom is 0.276 e. The van der Waals surface area contributed by atoms with E-state index >= 15 is 0 Å². The molecule has 1 aromatic carbocycles. The third-order valence-electron chi connectivity index (χ3n) is 4.23. The minimum absolute atomic E-state index is 0.0654. The average Bonchev–Trinajstić information content (AvgIpc) is 3.34. The first-order valence-corrected chi connectivity index (χ1v) is 8.22. The number of quaternary nitrogens is 1. The normalized spacial score (nSPS) is 17.7. The van der Waals surface area contributed by atoms with Gasteiger partial charge < -0.3 is 15.0 Å². The monoisotopic (exact) mass is 316 g/mol. The number of ether oxygens (including phenoxy) is 1. The molecule has 2 rings (SSSR count). The van der Waals surface area contributed by atoms with Gasteiger partial charge in [0.25, 0.3) is 5.91 Å². The summed E-state index contributed by atoms with van der Waals surface area (Å²) in [7, 11) is 1.98. The first-order valence-electron chi connectivity index (χ1n) is 8.22. The lowest BCUT2D eigenvalue weighted by Crippen LogP contribution is -3.09. The molecule has 1 amide bonds. The zero-order valence-corrected chi connectivity index (χ0v) is 14.2. The van der Waals surface area contributed by atoms with Crippen molar-refractivity contribution in [3.05, 3.63) is 29.8 Å². The fraction of sp³-hybridized carbons (Fsp3) is 0.556. The Labute approximate surface area is 138 Å². The minimum Gasteiger partial charge on any atom is -0.494 e. The number of hydrogen-bond donors (Lipinski definition) is 2. The molecule has 0 aliphatic heterocycles. The average molecular weight is 316 g/mol. The highest BCUT2D eigenvalue weighted by Gasteiger charge is 2.43. The highest BCUT2D eigenvalue weighted by atomic mass is 16.5. The lowest BCUT2D eigenvalue weighted by Gasteiger charge is -2.23. The molecule has 0 heterocycles. The Hall–Kier alpha value is -2.06. The van der Waals surface area contributed by atoms with Crippen molar-refractivity contribution in [1.82, 2.24) is 5.32 Å². The van der Waals surface area contributed by atoms with Crippen molar-refractivity contribution in [2.24, 2.45) is 5.92 Å². The summed E-state index contributed by atoms with van der Waals surface area (Å²) >= 11 is 0. The molecule has 23 heavy (non-hydrogen) atoms. The topological polar surface area (TPSA) is 66.6 Å². The molecule has 0 aromatic heterocycles. The standard InChI is InChI=1S/C18H25N3O2/c1-4-23-16-9-5-14(6-10-16)11-21(3)12-17(22)20-18(2,13-19)15-7-8-15/h5-6,9-10,15H,4,7-8,11-12H2,1-3H3,(H,20,22)/p+1/t18-/m0/s1. The van der Waals surface area contributed by atoms with Gasteiger partial charge in [-0.2, -0.15) is 5.26 Å². The predicted molar refractivity (Wildman–Crippen MR) is 88.0 cm³/mol. The van der Waals surface area contributed by atoms with E-state index in [2.05, 4.69) is 11.4 Å². The Morgan fingerprint density at radius 3 is 2.61 bits per heavy atom. The van der Waals surface area contributed by atoms with E-state index in [9.17, 15) is 10.1 Å². The molecule has 1 fully saturated rings. The summed E-state index contributed by atoms with van der Waals surface area (Å²) in [6.07, 6.45) is 2.05. The molecule has 0 spiro atoms. The lowest BCUT2D eigenvalue weighted by atomic mass is 9.98. The van der Waals surface area contributed by atoms with Crippen molar-refractivity contribution >= 4 is 5.91 Å². The van der Waals surface area contributed by atoms with Crippen LogP contribution in [0.3, 0.4) is 0 Å². The molecule has 1 saturated carbocycles. The predicted octanol–water partition coefficient (Wildman–Crippen LogP) is 0.908. The third-order valence-corrected chi connectivity index (χ3v) is 4.23. The van der Waals surface area contributed by atoms with Crippen LogP contribution in [0, 0.1) is 17.2 Å². The van der Waals surface area contributed by atoms with Gasteiger partial charge in [-0.25, -0.2) is 0 Å². The van der Waals surface area contributed by atoms with E-state index in [0.29, 0.717) is 19.1 Å². The van der Waals surface area contributed by atoms with Gasteiger partial charge in [0.05, 0.1) is 19.7 Å². The SMILES string of the molecule is CCOc1ccc(C[NH+](C)CC(=O)N[C@@](C)(C#N)C2CC2)cc1. The molecule has 2 N–H and O–H groups in total. The lowest BCUT2D eigenvalue weighted by molar-refractivity contribution is -0.885. The van der Waals surface area contributed by atoms with Crippen molar-refractivity contribution < 1.29 is 14.4 Å². The van der Waals surface area contributed by atoms with Gasteiger partial charge in [-0.05, 0) is 56.9 Å². The maximum atomic E-state index is 12.2.